The fourth-order valence-electron chi connectivity index (χ4n) is 3.54. The quantitative estimate of drug-likeness (QED) is 0.296. The highest BCUT2D eigenvalue weighted by atomic mass is 127. The van der Waals surface area contributed by atoms with Crippen LogP contribution in [-0.4, -0.2) is 46.8 Å². The van der Waals surface area contributed by atoms with Gasteiger partial charge < -0.3 is 29.7 Å². The van der Waals surface area contributed by atoms with Gasteiger partial charge >= 0.3 is 0 Å². The van der Waals surface area contributed by atoms with Gasteiger partial charge in [-0.3, -0.25) is 9.79 Å². The number of nitrogens with one attached hydrogen (secondary N) is 2. The first kappa shape index (κ1) is 25.6. The van der Waals surface area contributed by atoms with Gasteiger partial charge in [0, 0.05) is 38.8 Å². The highest BCUT2D eigenvalue weighted by Crippen LogP contribution is 2.38. The SMILES string of the molecule is CN=C(NCc1ccc(N2CCCC2=O)cc1)NCc1cc(OC)c(OC)c(OC)c1.I. The first-order valence-electron chi connectivity index (χ1n) is 10.2. The molecule has 9 heteroatoms. The molecule has 1 heterocycles. The van der Waals surface area contributed by atoms with Crippen molar-refractivity contribution in [1.82, 2.24) is 10.6 Å². The summed E-state index contributed by atoms with van der Waals surface area (Å²) in [4.78, 5) is 18.0. The van der Waals surface area contributed by atoms with Crippen LogP contribution in [0.3, 0.4) is 0 Å². The molecule has 3 rings (SSSR count). The number of anilines is 1. The molecular weight excluding hydrogens is 523 g/mol. The van der Waals surface area contributed by atoms with Gasteiger partial charge in [0.25, 0.3) is 0 Å². The molecule has 0 radical (unpaired) electrons. The molecule has 0 saturated carbocycles. The average molecular weight is 554 g/mol. The van der Waals surface area contributed by atoms with E-state index in [1.165, 1.54) is 0 Å². The van der Waals surface area contributed by atoms with E-state index in [-0.39, 0.29) is 29.9 Å². The Hall–Kier alpha value is -2.69. The summed E-state index contributed by atoms with van der Waals surface area (Å²) in [5.41, 5.74) is 3.03. The van der Waals surface area contributed by atoms with Crippen LogP contribution < -0.4 is 29.7 Å². The first-order valence-corrected chi connectivity index (χ1v) is 10.2. The Morgan fingerprint density at radius 2 is 1.56 bits per heavy atom. The lowest BCUT2D eigenvalue weighted by Gasteiger charge is -2.17. The number of rotatable bonds is 8. The lowest BCUT2D eigenvalue weighted by atomic mass is 10.1. The van der Waals surface area contributed by atoms with Crippen molar-refractivity contribution < 1.29 is 19.0 Å². The summed E-state index contributed by atoms with van der Waals surface area (Å²) in [6.07, 6.45) is 1.56. The number of guanidine groups is 1. The zero-order chi connectivity index (χ0) is 22.2. The van der Waals surface area contributed by atoms with Gasteiger partial charge in [0.05, 0.1) is 21.3 Å². The maximum atomic E-state index is 11.9. The minimum Gasteiger partial charge on any atom is -0.493 e. The largest absolute Gasteiger partial charge is 0.493 e. The number of hydrogen-bond acceptors (Lipinski definition) is 5. The van der Waals surface area contributed by atoms with Crippen molar-refractivity contribution in [3.8, 4) is 17.2 Å². The van der Waals surface area contributed by atoms with E-state index < -0.39 is 0 Å². The molecule has 0 aliphatic carbocycles. The Bertz CT molecular complexity index is 909. The van der Waals surface area contributed by atoms with Crippen LogP contribution in [0.5, 0.6) is 17.2 Å². The summed E-state index contributed by atoms with van der Waals surface area (Å²) in [6, 6.07) is 11.8. The van der Waals surface area contributed by atoms with Gasteiger partial charge in [0.15, 0.2) is 17.5 Å². The number of halogens is 1. The Morgan fingerprint density at radius 3 is 2.03 bits per heavy atom. The highest BCUT2D eigenvalue weighted by Gasteiger charge is 2.21. The number of hydrogen-bond donors (Lipinski definition) is 2. The van der Waals surface area contributed by atoms with E-state index in [1.807, 2.05) is 41.3 Å². The Kier molecular flexibility index (Phi) is 9.89. The summed E-state index contributed by atoms with van der Waals surface area (Å²) in [6.45, 7) is 1.95. The van der Waals surface area contributed by atoms with Crippen molar-refractivity contribution in [2.24, 2.45) is 4.99 Å². The molecule has 1 amide bonds. The van der Waals surface area contributed by atoms with E-state index in [9.17, 15) is 4.79 Å². The molecule has 1 saturated heterocycles. The third-order valence-corrected chi connectivity index (χ3v) is 5.19. The van der Waals surface area contributed by atoms with Crippen LogP contribution in [0.2, 0.25) is 0 Å². The van der Waals surface area contributed by atoms with Gasteiger partial charge in [0.1, 0.15) is 0 Å². The normalized spacial score (nSPS) is 13.4. The zero-order valence-electron chi connectivity index (χ0n) is 18.9. The number of amides is 1. The molecule has 0 unspecified atom stereocenters. The molecular formula is C23H31IN4O4. The predicted octanol–water partition coefficient (Wildman–Crippen LogP) is 3.32. The van der Waals surface area contributed by atoms with Crippen molar-refractivity contribution in [2.75, 3.05) is 39.8 Å². The van der Waals surface area contributed by atoms with Gasteiger partial charge in [0.2, 0.25) is 11.7 Å². The Balaban J connectivity index is 0.00000363. The molecule has 1 fully saturated rings. The van der Waals surface area contributed by atoms with Crippen LogP contribution in [-0.2, 0) is 17.9 Å². The third-order valence-electron chi connectivity index (χ3n) is 5.19. The maximum Gasteiger partial charge on any atom is 0.227 e. The Labute approximate surface area is 206 Å². The molecule has 2 N–H and O–H groups in total. The van der Waals surface area contributed by atoms with E-state index in [1.54, 1.807) is 28.4 Å². The predicted molar refractivity (Wildman–Crippen MR) is 137 cm³/mol. The van der Waals surface area contributed by atoms with Crippen LogP contribution in [0.25, 0.3) is 0 Å². The molecule has 32 heavy (non-hydrogen) atoms. The lowest BCUT2D eigenvalue weighted by Crippen LogP contribution is -2.36. The number of nitrogens with zero attached hydrogens (tertiary/aromatic N) is 2. The van der Waals surface area contributed by atoms with E-state index in [4.69, 9.17) is 14.2 Å². The molecule has 8 nitrogen and oxygen atoms in total. The molecule has 0 aromatic heterocycles. The van der Waals surface area contributed by atoms with Gasteiger partial charge in [-0.2, -0.15) is 0 Å². The molecule has 2 aromatic rings. The zero-order valence-corrected chi connectivity index (χ0v) is 21.3. The molecule has 0 spiro atoms. The fourth-order valence-corrected chi connectivity index (χ4v) is 3.54. The number of carbonyl (C=O) groups is 1. The number of methoxy groups -OCH3 is 3. The number of benzene rings is 2. The first-order chi connectivity index (χ1) is 15.1. The van der Waals surface area contributed by atoms with Gasteiger partial charge in [-0.15, -0.1) is 24.0 Å². The molecule has 0 bridgehead atoms. The summed E-state index contributed by atoms with van der Waals surface area (Å²) < 4.78 is 16.2. The molecule has 2 aromatic carbocycles. The average Bonchev–Trinajstić information content (AvgIpc) is 3.24. The monoisotopic (exact) mass is 554 g/mol. The van der Waals surface area contributed by atoms with Crippen molar-refractivity contribution in [2.45, 2.75) is 25.9 Å². The molecule has 1 aliphatic heterocycles. The summed E-state index contributed by atoms with van der Waals surface area (Å²) >= 11 is 0. The summed E-state index contributed by atoms with van der Waals surface area (Å²) in [7, 11) is 6.51. The van der Waals surface area contributed by atoms with E-state index >= 15 is 0 Å². The van der Waals surface area contributed by atoms with E-state index in [2.05, 4.69) is 15.6 Å². The Morgan fingerprint density at radius 1 is 0.969 bits per heavy atom. The van der Waals surface area contributed by atoms with Crippen molar-refractivity contribution in [3.63, 3.8) is 0 Å². The second-order valence-corrected chi connectivity index (χ2v) is 7.13. The van der Waals surface area contributed by atoms with Gasteiger partial charge in [-0.1, -0.05) is 12.1 Å². The third kappa shape index (κ3) is 6.18. The minimum atomic E-state index is 0. The fraction of sp³-hybridized carbons (Fsp3) is 0.391. The van der Waals surface area contributed by atoms with Crippen LogP contribution in [0, 0.1) is 0 Å². The summed E-state index contributed by atoms with van der Waals surface area (Å²) in [5, 5.41) is 6.60. The second kappa shape index (κ2) is 12.4. The topological polar surface area (TPSA) is 84.4 Å². The molecule has 174 valence electrons. The number of ether oxygens (including phenoxy) is 3. The number of carbonyl (C=O) groups excluding carboxylic acids is 1. The minimum absolute atomic E-state index is 0. The van der Waals surface area contributed by atoms with E-state index in [0.717, 1.165) is 29.8 Å². The van der Waals surface area contributed by atoms with Crippen molar-refractivity contribution >= 4 is 41.5 Å². The van der Waals surface area contributed by atoms with E-state index in [0.29, 0.717) is 42.7 Å². The van der Waals surface area contributed by atoms with Crippen LogP contribution in [0.4, 0.5) is 5.69 Å². The standard InChI is InChI=1S/C23H30N4O4.HI/c1-24-23(26-15-17-12-19(29-2)22(31-4)20(13-17)30-3)25-14-16-7-9-18(10-8-16)27-11-5-6-21(27)28;/h7-10,12-13H,5-6,11,14-15H2,1-4H3,(H2,24,25,26);1H. The maximum absolute atomic E-state index is 11.9. The van der Waals surface area contributed by atoms with Crippen LogP contribution in [0.15, 0.2) is 41.4 Å². The van der Waals surface area contributed by atoms with Gasteiger partial charge in [-0.25, -0.2) is 0 Å². The van der Waals surface area contributed by atoms with Crippen molar-refractivity contribution in [1.29, 1.82) is 0 Å². The smallest absolute Gasteiger partial charge is 0.227 e. The summed E-state index contributed by atoms with van der Waals surface area (Å²) in [5.74, 6) is 2.65. The highest BCUT2D eigenvalue weighted by molar-refractivity contribution is 14.0. The second-order valence-electron chi connectivity index (χ2n) is 7.13. The van der Waals surface area contributed by atoms with Crippen LogP contribution in [0.1, 0.15) is 24.0 Å². The van der Waals surface area contributed by atoms with Crippen molar-refractivity contribution in [3.05, 3.63) is 47.5 Å². The molecule has 0 atom stereocenters. The lowest BCUT2D eigenvalue weighted by molar-refractivity contribution is -0.117. The van der Waals surface area contributed by atoms with Crippen LogP contribution >= 0.6 is 24.0 Å². The van der Waals surface area contributed by atoms with Gasteiger partial charge in [-0.05, 0) is 41.8 Å². The molecule has 1 aliphatic rings. The number of aliphatic imine (C=N–C) groups is 1.